The van der Waals surface area contributed by atoms with E-state index in [-0.39, 0.29) is 11.8 Å². The molecule has 18 heavy (non-hydrogen) atoms. The van der Waals surface area contributed by atoms with Crippen molar-refractivity contribution >= 4 is 5.91 Å². The largest absolute Gasteiger partial charge is 0.352 e. The van der Waals surface area contributed by atoms with Crippen molar-refractivity contribution in [2.75, 3.05) is 0 Å². The maximum Gasteiger partial charge on any atom is 0.227 e. The predicted molar refractivity (Wildman–Crippen MR) is 73.1 cm³/mol. The van der Waals surface area contributed by atoms with Gasteiger partial charge in [0, 0.05) is 6.54 Å². The summed E-state index contributed by atoms with van der Waals surface area (Å²) in [5, 5.41) is 2.96. The van der Waals surface area contributed by atoms with Gasteiger partial charge >= 0.3 is 0 Å². The van der Waals surface area contributed by atoms with Crippen molar-refractivity contribution in [2.45, 2.75) is 19.4 Å². The molecule has 2 aromatic carbocycles. The van der Waals surface area contributed by atoms with Crippen LogP contribution in [0, 0.1) is 0 Å². The van der Waals surface area contributed by atoms with E-state index in [1.807, 2.05) is 67.6 Å². The zero-order chi connectivity index (χ0) is 12.8. The van der Waals surface area contributed by atoms with Gasteiger partial charge < -0.3 is 5.32 Å². The molecule has 0 unspecified atom stereocenters. The lowest BCUT2D eigenvalue weighted by atomic mass is 10.0. The highest BCUT2D eigenvalue weighted by atomic mass is 16.1. The van der Waals surface area contributed by atoms with Crippen LogP contribution in [0.15, 0.2) is 60.7 Å². The summed E-state index contributed by atoms with van der Waals surface area (Å²) in [5.74, 6) is -0.0556. The van der Waals surface area contributed by atoms with Crippen LogP contribution in [0.5, 0.6) is 0 Å². The molecular weight excluding hydrogens is 222 g/mol. The maximum atomic E-state index is 12.0. The lowest BCUT2D eigenvalue weighted by molar-refractivity contribution is -0.122. The molecule has 1 N–H and O–H groups in total. The van der Waals surface area contributed by atoms with Gasteiger partial charge in [0.05, 0.1) is 5.92 Å². The van der Waals surface area contributed by atoms with Crippen LogP contribution in [0.3, 0.4) is 0 Å². The van der Waals surface area contributed by atoms with Gasteiger partial charge in [0.1, 0.15) is 0 Å². The van der Waals surface area contributed by atoms with E-state index in [9.17, 15) is 4.79 Å². The van der Waals surface area contributed by atoms with Gasteiger partial charge in [-0.15, -0.1) is 0 Å². The number of hydrogen-bond donors (Lipinski definition) is 1. The molecule has 1 atom stereocenters. The van der Waals surface area contributed by atoms with Crippen LogP contribution < -0.4 is 5.32 Å². The van der Waals surface area contributed by atoms with Crippen LogP contribution in [0.2, 0.25) is 0 Å². The molecule has 92 valence electrons. The number of rotatable bonds is 4. The van der Waals surface area contributed by atoms with Crippen LogP contribution in [-0.2, 0) is 11.3 Å². The molecule has 2 heteroatoms. The van der Waals surface area contributed by atoms with E-state index in [1.54, 1.807) is 0 Å². The first-order chi connectivity index (χ1) is 8.77. The van der Waals surface area contributed by atoms with Gasteiger partial charge in [0.2, 0.25) is 5.91 Å². The first kappa shape index (κ1) is 12.4. The zero-order valence-corrected chi connectivity index (χ0v) is 10.5. The second-order valence-electron chi connectivity index (χ2n) is 4.34. The third-order valence-electron chi connectivity index (χ3n) is 3.00. The lowest BCUT2D eigenvalue weighted by Crippen LogP contribution is -2.27. The summed E-state index contributed by atoms with van der Waals surface area (Å²) in [4.78, 5) is 12.0. The normalized spacial score (nSPS) is 11.8. The summed E-state index contributed by atoms with van der Waals surface area (Å²) in [6, 6.07) is 19.8. The minimum absolute atomic E-state index is 0.0602. The molecule has 0 saturated heterocycles. The van der Waals surface area contributed by atoms with Crippen LogP contribution in [0.25, 0.3) is 0 Å². The van der Waals surface area contributed by atoms with Gasteiger partial charge in [-0.05, 0) is 18.1 Å². The molecule has 0 spiro atoms. The van der Waals surface area contributed by atoms with E-state index in [2.05, 4.69) is 5.32 Å². The molecule has 0 bridgehead atoms. The highest BCUT2D eigenvalue weighted by Crippen LogP contribution is 2.14. The summed E-state index contributed by atoms with van der Waals surface area (Å²) in [6.07, 6.45) is 0. The summed E-state index contributed by atoms with van der Waals surface area (Å²) in [5.41, 5.74) is 2.16. The maximum absolute atomic E-state index is 12.0. The van der Waals surface area contributed by atoms with Crippen molar-refractivity contribution < 1.29 is 4.79 Å². The number of hydrogen-bond acceptors (Lipinski definition) is 1. The standard InChI is InChI=1S/C16H17NO/c1-13(15-10-6-3-7-11-15)16(18)17-12-14-8-4-2-5-9-14/h2-11,13H,12H2,1H3,(H,17,18)/t13-/m0/s1. The average Bonchev–Trinajstić information content (AvgIpc) is 2.46. The van der Waals surface area contributed by atoms with E-state index < -0.39 is 0 Å². The first-order valence-corrected chi connectivity index (χ1v) is 6.14. The van der Waals surface area contributed by atoms with Gasteiger partial charge in [0.25, 0.3) is 0 Å². The fourth-order valence-electron chi connectivity index (χ4n) is 1.83. The van der Waals surface area contributed by atoms with E-state index in [0.29, 0.717) is 6.54 Å². The van der Waals surface area contributed by atoms with Crippen molar-refractivity contribution in [3.05, 3.63) is 71.8 Å². The van der Waals surface area contributed by atoms with E-state index in [4.69, 9.17) is 0 Å². The molecule has 2 nitrogen and oxygen atoms in total. The Labute approximate surface area is 108 Å². The molecule has 0 radical (unpaired) electrons. The molecule has 0 aliphatic carbocycles. The fourth-order valence-corrected chi connectivity index (χ4v) is 1.83. The van der Waals surface area contributed by atoms with E-state index in [1.165, 1.54) is 0 Å². The molecule has 0 heterocycles. The monoisotopic (exact) mass is 239 g/mol. The van der Waals surface area contributed by atoms with Gasteiger partial charge in [-0.1, -0.05) is 60.7 Å². The Hall–Kier alpha value is -2.09. The molecule has 0 fully saturated rings. The summed E-state index contributed by atoms with van der Waals surface area (Å²) in [7, 11) is 0. The third-order valence-corrected chi connectivity index (χ3v) is 3.00. The summed E-state index contributed by atoms with van der Waals surface area (Å²) >= 11 is 0. The smallest absolute Gasteiger partial charge is 0.227 e. The highest BCUT2D eigenvalue weighted by molar-refractivity contribution is 5.83. The summed E-state index contributed by atoms with van der Waals surface area (Å²) in [6.45, 7) is 2.51. The Morgan fingerprint density at radius 3 is 2.17 bits per heavy atom. The highest BCUT2D eigenvalue weighted by Gasteiger charge is 2.13. The topological polar surface area (TPSA) is 29.1 Å². The zero-order valence-electron chi connectivity index (χ0n) is 10.5. The number of benzene rings is 2. The number of carbonyl (C=O) groups excluding carboxylic acids is 1. The molecular formula is C16H17NO. The minimum Gasteiger partial charge on any atom is -0.352 e. The SMILES string of the molecule is C[C@H](C(=O)NCc1ccccc1)c1ccccc1. The van der Waals surface area contributed by atoms with Crippen molar-refractivity contribution in [3.8, 4) is 0 Å². The third kappa shape index (κ3) is 3.20. The second kappa shape index (κ2) is 6.01. The van der Waals surface area contributed by atoms with Crippen LogP contribution in [-0.4, -0.2) is 5.91 Å². The Kier molecular flexibility index (Phi) is 4.13. The van der Waals surface area contributed by atoms with Crippen LogP contribution >= 0.6 is 0 Å². The van der Waals surface area contributed by atoms with Crippen molar-refractivity contribution in [2.24, 2.45) is 0 Å². The second-order valence-corrected chi connectivity index (χ2v) is 4.34. The van der Waals surface area contributed by atoms with E-state index in [0.717, 1.165) is 11.1 Å². The van der Waals surface area contributed by atoms with Gasteiger partial charge in [-0.25, -0.2) is 0 Å². The average molecular weight is 239 g/mol. The first-order valence-electron chi connectivity index (χ1n) is 6.14. The van der Waals surface area contributed by atoms with Crippen LogP contribution in [0.1, 0.15) is 24.0 Å². The molecule has 0 aliphatic heterocycles. The fraction of sp³-hybridized carbons (Fsp3) is 0.188. The number of nitrogens with one attached hydrogen (secondary N) is 1. The predicted octanol–water partition coefficient (Wildman–Crippen LogP) is 3.11. The Bertz CT molecular complexity index is 493. The minimum atomic E-state index is -0.116. The molecule has 2 aromatic rings. The number of amides is 1. The van der Waals surface area contributed by atoms with E-state index >= 15 is 0 Å². The van der Waals surface area contributed by atoms with Gasteiger partial charge in [-0.2, -0.15) is 0 Å². The molecule has 0 aromatic heterocycles. The van der Waals surface area contributed by atoms with Gasteiger partial charge in [0.15, 0.2) is 0 Å². The van der Waals surface area contributed by atoms with Crippen molar-refractivity contribution in [1.29, 1.82) is 0 Å². The summed E-state index contributed by atoms with van der Waals surface area (Å²) < 4.78 is 0. The molecule has 1 amide bonds. The Balaban J connectivity index is 1.93. The van der Waals surface area contributed by atoms with Crippen molar-refractivity contribution in [1.82, 2.24) is 5.32 Å². The van der Waals surface area contributed by atoms with Gasteiger partial charge in [-0.3, -0.25) is 4.79 Å². The Morgan fingerprint density at radius 1 is 1.00 bits per heavy atom. The Morgan fingerprint density at radius 2 is 1.56 bits per heavy atom. The number of carbonyl (C=O) groups is 1. The quantitative estimate of drug-likeness (QED) is 0.872. The molecule has 2 rings (SSSR count). The lowest BCUT2D eigenvalue weighted by Gasteiger charge is -2.12. The molecule has 0 aliphatic rings. The van der Waals surface area contributed by atoms with Crippen molar-refractivity contribution in [3.63, 3.8) is 0 Å². The van der Waals surface area contributed by atoms with Crippen LogP contribution in [0.4, 0.5) is 0 Å². The molecule has 0 saturated carbocycles.